The molecule has 0 radical (unpaired) electrons. The van der Waals surface area contributed by atoms with Crippen molar-refractivity contribution in [2.24, 2.45) is 0 Å². The van der Waals surface area contributed by atoms with E-state index >= 15 is 0 Å². The molecular weight excluding hydrogens is 310 g/mol. The van der Waals surface area contributed by atoms with Gasteiger partial charge in [0, 0.05) is 31.7 Å². The molecule has 7 heteroatoms. The molecule has 7 nitrogen and oxygen atoms in total. The zero-order chi connectivity index (χ0) is 17.1. The van der Waals surface area contributed by atoms with Crippen molar-refractivity contribution in [2.45, 2.75) is 31.0 Å². The van der Waals surface area contributed by atoms with Crippen molar-refractivity contribution < 1.29 is 19.7 Å². The number of rotatable bonds is 5. The highest BCUT2D eigenvalue weighted by atomic mass is 16.5. The molecule has 24 heavy (non-hydrogen) atoms. The van der Waals surface area contributed by atoms with Crippen LogP contribution in [0.15, 0.2) is 24.3 Å². The minimum absolute atomic E-state index is 0.171. The number of likely N-dealkylation sites (tertiary alicyclic amines) is 1. The second-order valence-corrected chi connectivity index (χ2v) is 6.37. The summed E-state index contributed by atoms with van der Waals surface area (Å²) in [7, 11) is 0. The maximum atomic E-state index is 11.1. The molecule has 2 bridgehead atoms. The highest BCUT2D eigenvalue weighted by molar-refractivity contribution is 5.65. The van der Waals surface area contributed by atoms with Gasteiger partial charge in [-0.15, -0.1) is 0 Å². The Bertz CT molecular complexity index is 614. The van der Waals surface area contributed by atoms with Crippen molar-refractivity contribution in [1.29, 1.82) is 5.26 Å². The molecule has 2 aliphatic rings. The molecule has 3 atom stereocenters. The monoisotopic (exact) mass is 331 g/mol. The zero-order valence-electron chi connectivity index (χ0n) is 13.3. The van der Waals surface area contributed by atoms with Gasteiger partial charge in [0.15, 0.2) is 0 Å². The van der Waals surface area contributed by atoms with Crippen molar-refractivity contribution in [3.05, 3.63) is 29.8 Å². The number of nitrogens with zero attached hydrogens (tertiary/aromatic N) is 3. The third kappa shape index (κ3) is 3.61. The Morgan fingerprint density at radius 3 is 2.46 bits per heavy atom. The number of carboxylic acid groups (broad SMARTS) is 1. The van der Waals surface area contributed by atoms with E-state index in [1.165, 1.54) is 4.90 Å². The van der Waals surface area contributed by atoms with Crippen molar-refractivity contribution in [3.63, 3.8) is 0 Å². The van der Waals surface area contributed by atoms with Crippen LogP contribution < -0.4 is 4.74 Å². The lowest BCUT2D eigenvalue weighted by Crippen LogP contribution is -2.56. The second-order valence-electron chi connectivity index (χ2n) is 6.37. The minimum Gasteiger partial charge on any atom is -0.491 e. The highest BCUT2D eigenvalue weighted by Crippen LogP contribution is 2.30. The Morgan fingerprint density at radius 2 is 1.92 bits per heavy atom. The Morgan fingerprint density at radius 1 is 1.29 bits per heavy atom. The fourth-order valence-electron chi connectivity index (χ4n) is 3.56. The first kappa shape index (κ1) is 16.6. The van der Waals surface area contributed by atoms with Crippen LogP contribution in [0.5, 0.6) is 5.75 Å². The normalized spacial score (nSPS) is 24.4. The molecular formula is C17H21N3O4. The van der Waals surface area contributed by atoms with Crippen molar-refractivity contribution in [1.82, 2.24) is 9.80 Å². The summed E-state index contributed by atoms with van der Waals surface area (Å²) in [6.07, 6.45) is 0.436. The number of hydrogen-bond acceptors (Lipinski definition) is 5. The van der Waals surface area contributed by atoms with Gasteiger partial charge in [-0.25, -0.2) is 4.79 Å². The summed E-state index contributed by atoms with van der Waals surface area (Å²) in [5, 5.41) is 28.1. The summed E-state index contributed by atoms with van der Waals surface area (Å²) in [5.41, 5.74) is 0.566. The summed E-state index contributed by atoms with van der Waals surface area (Å²) in [6, 6.07) is 9.18. The number of carbonyl (C=O) groups is 1. The predicted molar refractivity (Wildman–Crippen MR) is 85.8 cm³/mol. The van der Waals surface area contributed by atoms with E-state index in [1.54, 1.807) is 24.3 Å². The van der Waals surface area contributed by atoms with E-state index in [2.05, 4.69) is 4.90 Å². The van der Waals surface area contributed by atoms with Crippen LogP contribution in [0.4, 0.5) is 4.79 Å². The Kier molecular flexibility index (Phi) is 4.88. The molecule has 2 fully saturated rings. The summed E-state index contributed by atoms with van der Waals surface area (Å²) in [5.74, 6) is 0.617. The van der Waals surface area contributed by atoms with Gasteiger partial charge in [-0.2, -0.15) is 5.26 Å². The van der Waals surface area contributed by atoms with Crippen LogP contribution in [-0.4, -0.2) is 70.5 Å². The van der Waals surface area contributed by atoms with E-state index in [9.17, 15) is 9.90 Å². The third-order valence-electron chi connectivity index (χ3n) is 4.75. The van der Waals surface area contributed by atoms with Crippen LogP contribution in [0.1, 0.15) is 18.4 Å². The summed E-state index contributed by atoms with van der Waals surface area (Å²) < 4.78 is 5.57. The third-order valence-corrected chi connectivity index (χ3v) is 4.75. The highest BCUT2D eigenvalue weighted by Gasteiger charge is 2.41. The number of nitriles is 1. The first-order valence-electron chi connectivity index (χ1n) is 8.11. The Balaban J connectivity index is 1.49. The average molecular weight is 331 g/mol. The van der Waals surface area contributed by atoms with Crippen LogP contribution in [0, 0.1) is 11.3 Å². The van der Waals surface area contributed by atoms with Gasteiger partial charge < -0.3 is 19.8 Å². The number of aliphatic hydroxyl groups is 1. The van der Waals surface area contributed by atoms with E-state index in [0.717, 1.165) is 12.8 Å². The van der Waals surface area contributed by atoms with Crippen LogP contribution in [0.2, 0.25) is 0 Å². The molecule has 0 aromatic heterocycles. The number of piperazine rings is 1. The van der Waals surface area contributed by atoms with Gasteiger partial charge in [-0.1, -0.05) is 0 Å². The Labute approximate surface area is 140 Å². The fourth-order valence-corrected chi connectivity index (χ4v) is 3.56. The van der Waals surface area contributed by atoms with Gasteiger partial charge in [0.05, 0.1) is 11.6 Å². The van der Waals surface area contributed by atoms with Gasteiger partial charge >= 0.3 is 6.09 Å². The number of hydrogen-bond donors (Lipinski definition) is 2. The van der Waals surface area contributed by atoms with E-state index in [-0.39, 0.29) is 18.7 Å². The molecule has 2 heterocycles. The first-order valence-corrected chi connectivity index (χ1v) is 8.11. The van der Waals surface area contributed by atoms with Gasteiger partial charge in [0.25, 0.3) is 0 Å². The van der Waals surface area contributed by atoms with E-state index in [4.69, 9.17) is 15.1 Å². The lowest BCUT2D eigenvalue weighted by atomic mass is 10.1. The molecule has 2 unspecified atom stereocenters. The lowest BCUT2D eigenvalue weighted by molar-refractivity contribution is 0.0140. The lowest BCUT2D eigenvalue weighted by Gasteiger charge is -2.40. The molecule has 128 valence electrons. The fraction of sp³-hybridized carbons (Fsp3) is 0.529. The van der Waals surface area contributed by atoms with E-state index < -0.39 is 12.2 Å². The van der Waals surface area contributed by atoms with Crippen LogP contribution in [0.25, 0.3) is 0 Å². The molecule has 1 aromatic carbocycles. The zero-order valence-corrected chi connectivity index (χ0v) is 13.3. The average Bonchev–Trinajstić information content (AvgIpc) is 2.82. The number of benzene rings is 1. The number of fused-ring (bicyclic) bond motifs is 2. The molecule has 1 aromatic rings. The van der Waals surface area contributed by atoms with Crippen LogP contribution in [0.3, 0.4) is 0 Å². The molecule has 1 amide bonds. The van der Waals surface area contributed by atoms with Gasteiger partial charge in [-0.05, 0) is 37.1 Å². The first-order chi connectivity index (χ1) is 11.6. The summed E-state index contributed by atoms with van der Waals surface area (Å²) >= 11 is 0. The number of amides is 1. The standard InChI is InChI=1S/C17H21N3O4/c18-7-12-1-5-16(6-2-12)24-11-15(21)10-20-13-3-4-14(20)9-19(8-13)17(22)23/h1-2,5-6,13-15,21H,3-4,8-11H2,(H,22,23)/t13?,14?,15-/m0/s1. The number of ether oxygens (including phenoxy) is 1. The molecule has 0 aliphatic carbocycles. The summed E-state index contributed by atoms with van der Waals surface area (Å²) in [6.45, 7) is 1.67. The molecule has 2 aliphatic heterocycles. The van der Waals surface area contributed by atoms with Gasteiger partial charge in [0.1, 0.15) is 18.5 Å². The Hall–Kier alpha value is -2.30. The predicted octanol–water partition coefficient (Wildman–Crippen LogP) is 1.12. The summed E-state index contributed by atoms with van der Waals surface area (Å²) in [4.78, 5) is 14.8. The SMILES string of the molecule is N#Cc1ccc(OC[C@@H](O)CN2C3CCC2CN(C(=O)O)C3)cc1. The minimum atomic E-state index is -0.865. The maximum Gasteiger partial charge on any atom is 0.407 e. The van der Waals surface area contributed by atoms with Crippen LogP contribution >= 0.6 is 0 Å². The molecule has 2 saturated heterocycles. The van der Waals surface area contributed by atoms with Crippen LogP contribution in [-0.2, 0) is 0 Å². The quantitative estimate of drug-likeness (QED) is 0.839. The van der Waals surface area contributed by atoms with Crippen molar-refractivity contribution in [2.75, 3.05) is 26.2 Å². The van der Waals surface area contributed by atoms with Crippen molar-refractivity contribution >= 4 is 6.09 Å². The van der Waals surface area contributed by atoms with Gasteiger partial charge in [-0.3, -0.25) is 4.90 Å². The van der Waals surface area contributed by atoms with Gasteiger partial charge in [0.2, 0.25) is 0 Å². The van der Waals surface area contributed by atoms with Crippen molar-refractivity contribution in [3.8, 4) is 11.8 Å². The molecule has 3 rings (SSSR count). The second kappa shape index (κ2) is 7.07. The molecule has 0 saturated carbocycles. The maximum absolute atomic E-state index is 11.1. The number of aliphatic hydroxyl groups excluding tert-OH is 1. The van der Waals surface area contributed by atoms with E-state index in [0.29, 0.717) is 30.9 Å². The molecule has 0 spiro atoms. The molecule has 2 N–H and O–H groups in total. The van der Waals surface area contributed by atoms with E-state index in [1.807, 2.05) is 6.07 Å². The topological polar surface area (TPSA) is 97.0 Å². The smallest absolute Gasteiger partial charge is 0.407 e. The largest absolute Gasteiger partial charge is 0.491 e.